The predicted octanol–water partition coefficient (Wildman–Crippen LogP) is 2.75. The van der Waals surface area contributed by atoms with E-state index in [4.69, 9.17) is 0 Å². The van der Waals surface area contributed by atoms with E-state index in [1.54, 1.807) is 0 Å². The highest BCUT2D eigenvalue weighted by atomic mass is 19.4. The molecule has 0 amide bonds. The molecule has 1 aliphatic carbocycles. The van der Waals surface area contributed by atoms with Gasteiger partial charge in [-0.05, 0) is 0 Å². The summed E-state index contributed by atoms with van der Waals surface area (Å²) < 4.78 is 95.8. The van der Waals surface area contributed by atoms with Crippen LogP contribution in [0, 0.1) is 6.17 Å². The SMILES string of the molecule is F[C]1C(F)C(F)(F)C(F)(F)C1(F)F. The maximum absolute atomic E-state index is 12.0. The quantitative estimate of drug-likeness (QED) is 0.542. The van der Waals surface area contributed by atoms with Crippen LogP contribution in [0.1, 0.15) is 0 Å². The minimum Gasteiger partial charge on any atom is -0.237 e. The van der Waals surface area contributed by atoms with E-state index in [-0.39, 0.29) is 0 Å². The largest absolute Gasteiger partial charge is 0.378 e. The van der Waals surface area contributed by atoms with Gasteiger partial charge >= 0.3 is 17.8 Å². The molecule has 0 N–H and O–H groups in total. The zero-order valence-corrected chi connectivity index (χ0v) is 5.60. The average Bonchev–Trinajstić information content (AvgIpc) is 2.05. The summed E-state index contributed by atoms with van der Waals surface area (Å²) in [6.45, 7) is 0. The maximum Gasteiger partial charge on any atom is 0.378 e. The van der Waals surface area contributed by atoms with E-state index >= 15 is 0 Å². The van der Waals surface area contributed by atoms with Gasteiger partial charge in [-0.15, -0.1) is 0 Å². The Morgan fingerprint density at radius 1 is 0.923 bits per heavy atom. The van der Waals surface area contributed by atoms with Crippen molar-refractivity contribution >= 4 is 0 Å². The lowest BCUT2D eigenvalue weighted by molar-refractivity contribution is -0.277. The topological polar surface area (TPSA) is 0 Å². The molecule has 1 unspecified atom stereocenters. The molecule has 0 spiro atoms. The van der Waals surface area contributed by atoms with Crippen LogP contribution in [0.25, 0.3) is 0 Å². The van der Waals surface area contributed by atoms with Crippen molar-refractivity contribution in [3.05, 3.63) is 6.17 Å². The van der Waals surface area contributed by atoms with Gasteiger partial charge in [0.1, 0.15) is 0 Å². The van der Waals surface area contributed by atoms with Crippen LogP contribution in [0.4, 0.5) is 35.1 Å². The van der Waals surface area contributed by atoms with Gasteiger partial charge in [0.05, 0.1) is 0 Å². The molecule has 0 aromatic rings. The Morgan fingerprint density at radius 2 is 1.31 bits per heavy atom. The summed E-state index contributed by atoms with van der Waals surface area (Å²) in [7, 11) is 0. The van der Waals surface area contributed by atoms with Gasteiger partial charge < -0.3 is 0 Å². The van der Waals surface area contributed by atoms with Crippen molar-refractivity contribution in [3.63, 3.8) is 0 Å². The van der Waals surface area contributed by atoms with Crippen LogP contribution < -0.4 is 0 Å². The minimum absolute atomic E-state index is 3.33. The van der Waals surface area contributed by atoms with Gasteiger partial charge in [-0.3, -0.25) is 0 Å². The zero-order valence-electron chi connectivity index (χ0n) is 5.60. The summed E-state index contributed by atoms with van der Waals surface area (Å²) in [4.78, 5) is 0. The summed E-state index contributed by atoms with van der Waals surface area (Å²) in [5.74, 6) is -17.5. The number of halogens is 8. The molecule has 13 heavy (non-hydrogen) atoms. The van der Waals surface area contributed by atoms with Gasteiger partial charge in [0.15, 0.2) is 0 Å². The molecule has 0 aromatic heterocycles. The lowest BCUT2D eigenvalue weighted by atomic mass is 10.2. The highest BCUT2D eigenvalue weighted by Crippen LogP contribution is 2.61. The minimum atomic E-state index is -6.02. The van der Waals surface area contributed by atoms with E-state index in [2.05, 4.69) is 0 Å². The van der Waals surface area contributed by atoms with Crippen LogP contribution in [-0.2, 0) is 0 Å². The van der Waals surface area contributed by atoms with Gasteiger partial charge in [-0.25, -0.2) is 8.78 Å². The first-order chi connectivity index (χ1) is 5.57. The van der Waals surface area contributed by atoms with Crippen molar-refractivity contribution in [2.75, 3.05) is 0 Å². The third-order valence-corrected chi connectivity index (χ3v) is 1.65. The second-order valence-electron chi connectivity index (χ2n) is 2.48. The molecule has 0 aliphatic heterocycles. The third-order valence-electron chi connectivity index (χ3n) is 1.65. The lowest BCUT2D eigenvalue weighted by Gasteiger charge is -2.22. The Balaban J connectivity index is 3.23. The first kappa shape index (κ1) is 10.5. The fraction of sp³-hybridized carbons (Fsp3) is 0.800. The summed E-state index contributed by atoms with van der Waals surface area (Å²) >= 11 is 0. The molecule has 77 valence electrons. The van der Waals surface area contributed by atoms with Gasteiger partial charge in [0.25, 0.3) is 6.17 Å². The third kappa shape index (κ3) is 0.912. The standard InChI is InChI=1S/C5HF8/c6-1-2(7)4(10,11)5(12,13)3(1,8)9/h1H. The van der Waals surface area contributed by atoms with Crippen molar-refractivity contribution < 1.29 is 35.1 Å². The van der Waals surface area contributed by atoms with Crippen LogP contribution in [0.5, 0.6) is 0 Å². The molecule has 8 heteroatoms. The molecule has 0 heterocycles. The molecular formula is C5HF8. The molecular weight excluding hydrogens is 212 g/mol. The number of rotatable bonds is 0. The smallest absolute Gasteiger partial charge is 0.237 e. The first-order valence-corrected chi connectivity index (χ1v) is 2.87. The van der Waals surface area contributed by atoms with E-state index in [9.17, 15) is 35.1 Å². The molecule has 1 aliphatic rings. The molecule has 1 rings (SSSR count). The molecule has 1 saturated carbocycles. The predicted molar refractivity (Wildman–Crippen MR) is 24.1 cm³/mol. The molecule has 1 radical (unpaired) electrons. The van der Waals surface area contributed by atoms with E-state index in [0.717, 1.165) is 0 Å². The lowest BCUT2D eigenvalue weighted by Crippen LogP contribution is -2.48. The van der Waals surface area contributed by atoms with Crippen LogP contribution in [0.3, 0.4) is 0 Å². The molecule has 1 atom stereocenters. The second kappa shape index (κ2) is 2.27. The second-order valence-corrected chi connectivity index (χ2v) is 2.48. The molecule has 0 saturated heterocycles. The monoisotopic (exact) mass is 213 g/mol. The number of alkyl halides is 7. The summed E-state index contributed by atoms with van der Waals surface area (Å²) in [6.07, 6.45) is -7.60. The fourth-order valence-electron chi connectivity index (χ4n) is 0.837. The highest BCUT2D eigenvalue weighted by Gasteiger charge is 2.87. The van der Waals surface area contributed by atoms with E-state index in [1.807, 2.05) is 0 Å². The maximum atomic E-state index is 12.0. The van der Waals surface area contributed by atoms with Crippen molar-refractivity contribution in [2.24, 2.45) is 0 Å². The number of hydrogen-bond acceptors (Lipinski definition) is 0. The zero-order chi connectivity index (χ0) is 10.7. The van der Waals surface area contributed by atoms with Gasteiger partial charge in [-0.2, -0.15) is 26.3 Å². The van der Waals surface area contributed by atoms with Crippen LogP contribution in [-0.4, -0.2) is 23.9 Å². The Morgan fingerprint density at radius 3 is 1.38 bits per heavy atom. The number of hydrogen-bond donors (Lipinski definition) is 0. The van der Waals surface area contributed by atoms with Crippen LogP contribution >= 0.6 is 0 Å². The molecule has 0 aromatic carbocycles. The van der Waals surface area contributed by atoms with Crippen molar-refractivity contribution in [3.8, 4) is 0 Å². The Labute approximate surface area is 66.5 Å². The normalized spacial score (nSPS) is 36.5. The Kier molecular flexibility index (Phi) is 1.84. The van der Waals surface area contributed by atoms with Gasteiger partial charge in [0, 0.05) is 0 Å². The van der Waals surface area contributed by atoms with Crippen LogP contribution in [0.15, 0.2) is 0 Å². The molecule has 1 fully saturated rings. The molecule has 0 bridgehead atoms. The highest BCUT2D eigenvalue weighted by molar-refractivity contribution is 5.24. The fourth-order valence-corrected chi connectivity index (χ4v) is 0.837. The van der Waals surface area contributed by atoms with Gasteiger partial charge in [-0.1, -0.05) is 0 Å². The summed E-state index contributed by atoms with van der Waals surface area (Å²) in [5.41, 5.74) is 0. The summed E-state index contributed by atoms with van der Waals surface area (Å²) in [6, 6.07) is 0. The first-order valence-electron chi connectivity index (χ1n) is 2.87. The van der Waals surface area contributed by atoms with Crippen molar-refractivity contribution in [1.29, 1.82) is 0 Å². The van der Waals surface area contributed by atoms with Crippen LogP contribution in [0.2, 0.25) is 0 Å². The van der Waals surface area contributed by atoms with Crippen molar-refractivity contribution in [1.82, 2.24) is 0 Å². The van der Waals surface area contributed by atoms with E-state index < -0.39 is 30.1 Å². The summed E-state index contributed by atoms with van der Waals surface area (Å²) in [5, 5.41) is 0. The Bertz CT molecular complexity index is 199. The van der Waals surface area contributed by atoms with Gasteiger partial charge in [0.2, 0.25) is 6.17 Å². The van der Waals surface area contributed by atoms with E-state index in [1.165, 1.54) is 0 Å². The molecule has 0 nitrogen and oxygen atoms in total. The van der Waals surface area contributed by atoms with E-state index in [0.29, 0.717) is 0 Å². The van der Waals surface area contributed by atoms with Crippen molar-refractivity contribution in [2.45, 2.75) is 23.9 Å². The Hall–Kier alpha value is -0.560. The average molecular weight is 213 g/mol.